The van der Waals surface area contributed by atoms with Crippen LogP contribution in [-0.4, -0.2) is 24.8 Å². The summed E-state index contributed by atoms with van der Waals surface area (Å²) in [6.07, 6.45) is 4.32. The zero-order valence-corrected chi connectivity index (χ0v) is 9.73. The molecule has 0 atom stereocenters. The fraction of sp³-hybridized carbons (Fsp3) is 0.833. The van der Waals surface area contributed by atoms with Gasteiger partial charge in [-0.3, -0.25) is 0 Å². The molecule has 1 saturated carbocycles. The molecule has 0 bridgehead atoms. The van der Waals surface area contributed by atoms with Crippen LogP contribution in [0.5, 0.6) is 0 Å². The van der Waals surface area contributed by atoms with Gasteiger partial charge in [-0.05, 0) is 45.6 Å². The summed E-state index contributed by atoms with van der Waals surface area (Å²) in [6.45, 7) is 12.1. The summed E-state index contributed by atoms with van der Waals surface area (Å²) in [5.41, 5.74) is 1.31. The summed E-state index contributed by atoms with van der Waals surface area (Å²) in [4.78, 5) is 0. The van der Waals surface area contributed by atoms with Gasteiger partial charge in [-0.15, -0.1) is 0 Å². The maximum atomic E-state index is 5.67. The van der Waals surface area contributed by atoms with Crippen LogP contribution in [0.3, 0.4) is 0 Å². The van der Waals surface area contributed by atoms with Gasteiger partial charge in [-0.1, -0.05) is 6.58 Å². The van der Waals surface area contributed by atoms with E-state index in [0.29, 0.717) is 12.7 Å². The Morgan fingerprint density at radius 3 is 2.50 bits per heavy atom. The molecule has 0 aromatic carbocycles. The van der Waals surface area contributed by atoms with Crippen LogP contribution in [0.2, 0.25) is 0 Å². The normalized spacial score (nSPS) is 17.9. The maximum Gasteiger partial charge on any atom is 0.0690 e. The lowest BCUT2D eigenvalue weighted by Crippen LogP contribution is -2.37. The summed E-state index contributed by atoms with van der Waals surface area (Å²) in [6, 6.07) is 0. The lowest BCUT2D eigenvalue weighted by Gasteiger charge is -2.27. The quantitative estimate of drug-likeness (QED) is 0.684. The smallest absolute Gasteiger partial charge is 0.0690 e. The Bertz CT molecular complexity index is 189. The fourth-order valence-corrected chi connectivity index (χ4v) is 1.21. The molecule has 14 heavy (non-hydrogen) atoms. The fourth-order valence-electron chi connectivity index (χ4n) is 1.21. The third-order valence-corrected chi connectivity index (χ3v) is 2.44. The van der Waals surface area contributed by atoms with Gasteiger partial charge >= 0.3 is 0 Å². The Kier molecular flexibility index (Phi) is 4.14. The average Bonchev–Trinajstić information content (AvgIpc) is 1.96. The molecule has 1 N–H and O–H groups in total. The highest BCUT2D eigenvalue weighted by Crippen LogP contribution is 2.22. The van der Waals surface area contributed by atoms with E-state index in [1.807, 2.05) is 0 Å². The minimum absolute atomic E-state index is 0.166. The van der Waals surface area contributed by atoms with E-state index in [9.17, 15) is 0 Å². The van der Waals surface area contributed by atoms with Crippen molar-refractivity contribution in [1.82, 2.24) is 5.32 Å². The summed E-state index contributed by atoms with van der Waals surface area (Å²) < 4.78 is 5.67. The predicted molar refractivity (Wildman–Crippen MR) is 60.5 cm³/mol. The zero-order chi connectivity index (χ0) is 10.6. The molecule has 0 radical (unpaired) electrons. The molecular weight excluding hydrogens is 174 g/mol. The van der Waals surface area contributed by atoms with Crippen molar-refractivity contribution >= 4 is 0 Å². The second-order valence-electron chi connectivity index (χ2n) is 5.22. The minimum atomic E-state index is 0.166. The second-order valence-corrected chi connectivity index (χ2v) is 5.22. The summed E-state index contributed by atoms with van der Waals surface area (Å²) in [7, 11) is 0. The van der Waals surface area contributed by atoms with E-state index in [0.717, 1.165) is 12.1 Å². The Balaban J connectivity index is 2.03. The van der Waals surface area contributed by atoms with Gasteiger partial charge in [0.1, 0.15) is 0 Å². The van der Waals surface area contributed by atoms with Crippen LogP contribution in [0.4, 0.5) is 0 Å². The van der Waals surface area contributed by atoms with Gasteiger partial charge in [0, 0.05) is 12.1 Å². The molecule has 82 valence electrons. The Labute approximate surface area is 87.7 Å². The Morgan fingerprint density at radius 2 is 2.07 bits per heavy atom. The van der Waals surface area contributed by atoms with Crippen molar-refractivity contribution in [2.45, 2.75) is 51.7 Å². The highest BCUT2D eigenvalue weighted by molar-refractivity contribution is 4.98. The van der Waals surface area contributed by atoms with Gasteiger partial charge in [0.15, 0.2) is 0 Å². The number of rotatable bonds is 5. The molecule has 0 spiro atoms. The molecule has 1 fully saturated rings. The Morgan fingerprint density at radius 1 is 1.43 bits per heavy atom. The molecular formula is C12H23NO. The molecule has 0 aromatic heterocycles. The first kappa shape index (κ1) is 11.7. The van der Waals surface area contributed by atoms with Crippen molar-refractivity contribution in [3.8, 4) is 0 Å². The van der Waals surface area contributed by atoms with Gasteiger partial charge in [0.05, 0.1) is 12.7 Å². The van der Waals surface area contributed by atoms with Crippen molar-refractivity contribution < 1.29 is 4.74 Å². The molecule has 1 aliphatic rings. The molecule has 0 heterocycles. The monoisotopic (exact) mass is 197 g/mol. The van der Waals surface area contributed by atoms with Crippen molar-refractivity contribution in [3.63, 3.8) is 0 Å². The summed E-state index contributed by atoms with van der Waals surface area (Å²) >= 11 is 0. The lowest BCUT2D eigenvalue weighted by atomic mass is 9.96. The van der Waals surface area contributed by atoms with E-state index >= 15 is 0 Å². The van der Waals surface area contributed by atoms with Crippen LogP contribution in [0.15, 0.2) is 12.2 Å². The first-order valence-electron chi connectivity index (χ1n) is 5.51. The maximum absolute atomic E-state index is 5.67. The van der Waals surface area contributed by atoms with Crippen molar-refractivity contribution in [3.05, 3.63) is 12.2 Å². The van der Waals surface area contributed by atoms with Gasteiger partial charge in [0.25, 0.3) is 0 Å². The van der Waals surface area contributed by atoms with Crippen molar-refractivity contribution in [2.24, 2.45) is 0 Å². The number of hydrogen-bond acceptors (Lipinski definition) is 2. The van der Waals surface area contributed by atoms with Crippen molar-refractivity contribution in [2.75, 3.05) is 13.2 Å². The molecule has 0 saturated heterocycles. The van der Waals surface area contributed by atoms with E-state index < -0.39 is 0 Å². The molecule has 0 unspecified atom stereocenters. The number of nitrogens with one attached hydrogen (secondary N) is 1. The average molecular weight is 197 g/mol. The minimum Gasteiger partial charge on any atom is -0.374 e. The molecule has 2 heteroatoms. The van der Waals surface area contributed by atoms with E-state index in [4.69, 9.17) is 4.74 Å². The van der Waals surface area contributed by atoms with Crippen LogP contribution in [-0.2, 0) is 4.74 Å². The molecule has 2 nitrogen and oxygen atoms in total. The third kappa shape index (κ3) is 4.77. The molecule has 0 aliphatic heterocycles. The van der Waals surface area contributed by atoms with Gasteiger partial charge in [-0.2, -0.15) is 0 Å². The van der Waals surface area contributed by atoms with Crippen LogP contribution in [0.1, 0.15) is 40.0 Å². The third-order valence-electron chi connectivity index (χ3n) is 2.44. The van der Waals surface area contributed by atoms with Crippen LogP contribution in [0.25, 0.3) is 0 Å². The van der Waals surface area contributed by atoms with E-state index in [2.05, 4.69) is 32.7 Å². The Hall–Kier alpha value is -0.340. The van der Waals surface area contributed by atoms with Crippen LogP contribution in [0, 0.1) is 0 Å². The van der Waals surface area contributed by atoms with E-state index in [1.165, 1.54) is 19.3 Å². The molecule has 1 rings (SSSR count). The number of ether oxygens (including phenoxy) is 1. The largest absolute Gasteiger partial charge is 0.374 e. The molecule has 0 aromatic rings. The highest BCUT2D eigenvalue weighted by Gasteiger charge is 2.18. The van der Waals surface area contributed by atoms with E-state index in [1.54, 1.807) is 0 Å². The first-order valence-corrected chi connectivity index (χ1v) is 5.51. The topological polar surface area (TPSA) is 21.3 Å². The molecule has 0 amide bonds. The highest BCUT2D eigenvalue weighted by atomic mass is 16.5. The van der Waals surface area contributed by atoms with Gasteiger partial charge < -0.3 is 10.1 Å². The van der Waals surface area contributed by atoms with Crippen LogP contribution < -0.4 is 5.32 Å². The standard InChI is InChI=1S/C12H23NO/c1-10(8-13-12(2,3)4)9-14-11-6-5-7-11/h11,13H,1,5-9H2,2-4H3. The number of hydrogen-bond donors (Lipinski definition) is 1. The van der Waals surface area contributed by atoms with Crippen molar-refractivity contribution in [1.29, 1.82) is 0 Å². The van der Waals surface area contributed by atoms with Gasteiger partial charge in [-0.25, -0.2) is 0 Å². The SMILES string of the molecule is C=C(CNC(C)(C)C)COC1CCC1. The summed E-state index contributed by atoms with van der Waals surface area (Å²) in [5.74, 6) is 0. The summed E-state index contributed by atoms with van der Waals surface area (Å²) in [5, 5.41) is 3.40. The lowest BCUT2D eigenvalue weighted by molar-refractivity contribution is 0.0147. The molecule has 1 aliphatic carbocycles. The first-order chi connectivity index (χ1) is 6.47. The van der Waals surface area contributed by atoms with Gasteiger partial charge in [0.2, 0.25) is 0 Å². The zero-order valence-electron chi connectivity index (χ0n) is 9.73. The predicted octanol–water partition coefficient (Wildman–Crippen LogP) is 2.50. The van der Waals surface area contributed by atoms with Crippen LogP contribution >= 0.6 is 0 Å². The second kappa shape index (κ2) is 4.94. The van der Waals surface area contributed by atoms with E-state index in [-0.39, 0.29) is 5.54 Å².